The largest absolute Gasteiger partial charge is 0.497 e. The van der Waals surface area contributed by atoms with Crippen molar-refractivity contribution in [3.63, 3.8) is 0 Å². The number of benzene rings is 1. The van der Waals surface area contributed by atoms with E-state index in [9.17, 15) is 0 Å². The molecule has 1 fully saturated rings. The fourth-order valence-electron chi connectivity index (χ4n) is 3.05. The number of aliphatic hydroxyl groups is 1. The number of ether oxygens (including phenoxy) is 1. The Kier molecular flexibility index (Phi) is 5.20. The molecule has 2 heterocycles. The van der Waals surface area contributed by atoms with E-state index in [0.29, 0.717) is 11.8 Å². The van der Waals surface area contributed by atoms with E-state index < -0.39 is 0 Å². The summed E-state index contributed by atoms with van der Waals surface area (Å²) >= 11 is 0. The molecule has 0 saturated carbocycles. The normalized spacial score (nSPS) is 18.8. The lowest BCUT2D eigenvalue weighted by Crippen LogP contribution is -2.41. The van der Waals surface area contributed by atoms with Gasteiger partial charge in [-0.15, -0.1) is 0 Å². The molecule has 0 spiro atoms. The fraction of sp³-hybridized carbons (Fsp3) is 0.444. The van der Waals surface area contributed by atoms with E-state index in [1.165, 1.54) is 12.8 Å². The first-order chi connectivity index (χ1) is 11.3. The van der Waals surface area contributed by atoms with Crippen LogP contribution in [0, 0.1) is 0 Å². The number of aliphatic hydroxyl groups excluding tert-OH is 1. The number of piperidine rings is 1. The maximum atomic E-state index is 9.07. The molecule has 0 unspecified atom stereocenters. The second-order valence-corrected chi connectivity index (χ2v) is 5.97. The minimum atomic E-state index is -0.0400. The van der Waals surface area contributed by atoms with Crippen LogP contribution in [0.4, 0.5) is 5.69 Å². The zero-order valence-corrected chi connectivity index (χ0v) is 13.5. The highest BCUT2D eigenvalue weighted by Crippen LogP contribution is 2.20. The highest BCUT2D eigenvalue weighted by atomic mass is 16.5. The Labute approximate surface area is 136 Å². The number of nitrogens with one attached hydrogen (secondary N) is 1. The van der Waals surface area contributed by atoms with Crippen LogP contribution in [0.3, 0.4) is 0 Å². The van der Waals surface area contributed by atoms with Crippen molar-refractivity contribution in [2.24, 2.45) is 0 Å². The highest BCUT2D eigenvalue weighted by molar-refractivity contribution is 5.47. The highest BCUT2D eigenvalue weighted by Gasteiger charge is 2.20. The van der Waals surface area contributed by atoms with Crippen molar-refractivity contribution in [2.75, 3.05) is 25.5 Å². The van der Waals surface area contributed by atoms with Gasteiger partial charge in [0.05, 0.1) is 13.7 Å². The summed E-state index contributed by atoms with van der Waals surface area (Å²) < 4.78 is 10.8. The van der Waals surface area contributed by atoms with Crippen LogP contribution in [0.2, 0.25) is 0 Å². The predicted octanol–water partition coefficient (Wildman–Crippen LogP) is 2.86. The molecule has 5 nitrogen and oxygen atoms in total. The third-order valence-electron chi connectivity index (χ3n) is 4.22. The van der Waals surface area contributed by atoms with Gasteiger partial charge in [-0.2, -0.15) is 0 Å². The van der Waals surface area contributed by atoms with Crippen LogP contribution in [-0.4, -0.2) is 36.2 Å². The molecular weight excluding hydrogens is 292 g/mol. The molecule has 3 rings (SSSR count). The van der Waals surface area contributed by atoms with Gasteiger partial charge in [-0.05, 0) is 55.8 Å². The van der Waals surface area contributed by atoms with Crippen molar-refractivity contribution in [1.29, 1.82) is 0 Å². The number of methoxy groups -OCH3 is 1. The minimum Gasteiger partial charge on any atom is -0.497 e. The lowest BCUT2D eigenvalue weighted by atomic mass is 10.1. The van der Waals surface area contributed by atoms with Crippen molar-refractivity contribution in [3.8, 4) is 5.75 Å². The maximum Gasteiger partial charge on any atom is 0.129 e. The summed E-state index contributed by atoms with van der Waals surface area (Å²) in [6, 6.07) is 12.3. The van der Waals surface area contributed by atoms with Crippen LogP contribution >= 0.6 is 0 Å². The second-order valence-electron chi connectivity index (χ2n) is 5.97. The van der Waals surface area contributed by atoms with Crippen LogP contribution in [0.15, 0.2) is 40.8 Å². The Bertz CT molecular complexity index is 609. The van der Waals surface area contributed by atoms with E-state index in [-0.39, 0.29) is 6.61 Å². The maximum absolute atomic E-state index is 9.07. The Morgan fingerprint density at radius 2 is 2.00 bits per heavy atom. The van der Waals surface area contributed by atoms with Crippen LogP contribution in [-0.2, 0) is 13.2 Å². The molecule has 1 aliphatic heterocycles. The van der Waals surface area contributed by atoms with E-state index >= 15 is 0 Å². The van der Waals surface area contributed by atoms with E-state index in [1.54, 1.807) is 7.11 Å². The molecule has 1 saturated heterocycles. The number of furan rings is 1. The monoisotopic (exact) mass is 316 g/mol. The van der Waals surface area contributed by atoms with Gasteiger partial charge in [0.1, 0.15) is 23.9 Å². The molecule has 23 heavy (non-hydrogen) atoms. The van der Waals surface area contributed by atoms with E-state index in [4.69, 9.17) is 14.3 Å². The van der Waals surface area contributed by atoms with Crippen LogP contribution < -0.4 is 10.1 Å². The first kappa shape index (κ1) is 15.9. The third-order valence-corrected chi connectivity index (χ3v) is 4.22. The second kappa shape index (κ2) is 7.53. The molecule has 124 valence electrons. The smallest absolute Gasteiger partial charge is 0.129 e. The topological polar surface area (TPSA) is 57.9 Å². The van der Waals surface area contributed by atoms with Gasteiger partial charge in [-0.3, -0.25) is 4.90 Å². The first-order valence-corrected chi connectivity index (χ1v) is 8.08. The van der Waals surface area contributed by atoms with Gasteiger partial charge in [-0.1, -0.05) is 0 Å². The summed E-state index contributed by atoms with van der Waals surface area (Å²) in [5, 5.41) is 12.7. The molecule has 1 aliphatic rings. The van der Waals surface area contributed by atoms with Gasteiger partial charge in [0, 0.05) is 18.3 Å². The zero-order chi connectivity index (χ0) is 16.1. The van der Waals surface area contributed by atoms with Crippen LogP contribution in [0.5, 0.6) is 5.75 Å². The van der Waals surface area contributed by atoms with E-state index in [2.05, 4.69) is 22.3 Å². The Morgan fingerprint density at radius 3 is 2.70 bits per heavy atom. The van der Waals surface area contributed by atoms with Gasteiger partial charge >= 0.3 is 0 Å². The third kappa shape index (κ3) is 4.27. The Balaban J connectivity index is 1.54. The molecule has 0 amide bonds. The summed E-state index contributed by atoms with van der Waals surface area (Å²) in [5.41, 5.74) is 1.12. The number of hydrogen-bond donors (Lipinski definition) is 2. The summed E-state index contributed by atoms with van der Waals surface area (Å²) in [7, 11) is 1.68. The first-order valence-electron chi connectivity index (χ1n) is 8.08. The quantitative estimate of drug-likeness (QED) is 0.858. The van der Waals surface area contributed by atoms with Crippen molar-refractivity contribution in [3.05, 3.63) is 47.9 Å². The van der Waals surface area contributed by atoms with Crippen LogP contribution in [0.1, 0.15) is 24.4 Å². The molecule has 0 radical (unpaired) electrons. The van der Waals surface area contributed by atoms with Crippen LogP contribution in [0.25, 0.3) is 0 Å². The van der Waals surface area contributed by atoms with Gasteiger partial charge in [0.2, 0.25) is 0 Å². The molecule has 5 heteroatoms. The van der Waals surface area contributed by atoms with Gasteiger partial charge in [0.25, 0.3) is 0 Å². The molecule has 1 aromatic carbocycles. The molecule has 1 aromatic heterocycles. The number of hydrogen-bond acceptors (Lipinski definition) is 5. The summed E-state index contributed by atoms with van der Waals surface area (Å²) in [6.07, 6.45) is 2.34. The molecular formula is C18H24N2O3. The molecule has 0 aliphatic carbocycles. The number of likely N-dealkylation sites (tertiary alicyclic amines) is 1. The summed E-state index contributed by atoms with van der Waals surface area (Å²) in [6.45, 7) is 2.82. The number of nitrogens with zero attached hydrogens (tertiary/aromatic N) is 1. The van der Waals surface area contributed by atoms with E-state index in [1.807, 2.05) is 24.3 Å². The molecule has 2 aromatic rings. The van der Waals surface area contributed by atoms with Gasteiger partial charge < -0.3 is 19.6 Å². The van der Waals surface area contributed by atoms with Crippen molar-refractivity contribution in [1.82, 2.24) is 4.90 Å². The lowest BCUT2D eigenvalue weighted by molar-refractivity contribution is 0.186. The minimum absolute atomic E-state index is 0.0400. The predicted molar refractivity (Wildman–Crippen MR) is 89.5 cm³/mol. The van der Waals surface area contributed by atoms with Crippen molar-refractivity contribution < 1.29 is 14.3 Å². The zero-order valence-electron chi connectivity index (χ0n) is 13.5. The molecule has 0 bridgehead atoms. The number of anilines is 1. The summed E-state index contributed by atoms with van der Waals surface area (Å²) in [5.74, 6) is 2.42. The van der Waals surface area contributed by atoms with Crippen molar-refractivity contribution in [2.45, 2.75) is 32.0 Å². The van der Waals surface area contributed by atoms with Gasteiger partial charge in [0.15, 0.2) is 0 Å². The fourth-order valence-corrected chi connectivity index (χ4v) is 3.05. The summed E-state index contributed by atoms with van der Waals surface area (Å²) in [4.78, 5) is 2.39. The molecule has 1 atom stereocenters. The van der Waals surface area contributed by atoms with Gasteiger partial charge in [-0.25, -0.2) is 0 Å². The Morgan fingerprint density at radius 1 is 1.22 bits per heavy atom. The lowest BCUT2D eigenvalue weighted by Gasteiger charge is -2.33. The van der Waals surface area contributed by atoms with E-state index in [0.717, 1.165) is 36.8 Å². The average Bonchev–Trinajstić information content (AvgIpc) is 3.03. The SMILES string of the molecule is COc1ccc(N[C@@H]2CCCN(Cc3ccc(CO)o3)C2)cc1. The number of rotatable bonds is 6. The average molecular weight is 316 g/mol. The Hall–Kier alpha value is -1.98. The standard InChI is InChI=1S/C18H24N2O3/c1-22-16-6-4-14(5-7-16)19-15-3-2-10-20(11-15)12-17-8-9-18(13-21)23-17/h4-9,15,19,21H,2-3,10-13H2,1H3/t15-/m1/s1. The van der Waals surface area contributed by atoms with Crippen molar-refractivity contribution >= 4 is 5.69 Å². The molecule has 2 N–H and O–H groups in total.